The molecule has 0 saturated carbocycles. The second-order valence-corrected chi connectivity index (χ2v) is 13.3. The molecule has 1 aliphatic rings. The molecule has 0 aromatic carbocycles. The molecular weight excluding hydrogens is 570 g/mol. The topological polar surface area (TPSA) is 190 Å². The lowest BCUT2D eigenvalue weighted by Gasteiger charge is -2.25. The number of imidazole rings is 1. The fourth-order valence-corrected chi connectivity index (χ4v) is 5.92. The van der Waals surface area contributed by atoms with Gasteiger partial charge in [0, 0.05) is 11.2 Å². The summed E-state index contributed by atoms with van der Waals surface area (Å²) in [4.78, 5) is 36.5. The Bertz CT molecular complexity index is 1240. The number of aliphatic hydroxyl groups is 1. The smallest absolute Gasteiger partial charge is 0.406 e. The molecule has 3 rings (SSSR count). The normalized spacial score (nSPS) is 23.8. The third kappa shape index (κ3) is 7.96. The molecule has 1 saturated heterocycles. The molecule has 0 bridgehead atoms. The average Bonchev–Trinajstić information content (AvgIpc) is 3.41. The highest BCUT2D eigenvalue weighted by Gasteiger charge is 2.47. The van der Waals surface area contributed by atoms with E-state index in [4.69, 9.17) is 24.3 Å². The van der Waals surface area contributed by atoms with Gasteiger partial charge >= 0.3 is 13.7 Å². The summed E-state index contributed by atoms with van der Waals surface area (Å²) in [6, 6.07) is -1.10. The van der Waals surface area contributed by atoms with E-state index in [1.54, 1.807) is 34.6 Å². The van der Waals surface area contributed by atoms with Gasteiger partial charge < -0.3 is 20.3 Å². The van der Waals surface area contributed by atoms with Crippen molar-refractivity contribution < 1.29 is 42.2 Å². The van der Waals surface area contributed by atoms with Crippen molar-refractivity contribution in [3.8, 4) is 0 Å². The Morgan fingerprint density at radius 2 is 1.98 bits per heavy atom. The number of hydrogen-bond acceptors (Lipinski definition) is 13. The molecular formula is C23H36FN6O8PS. The summed E-state index contributed by atoms with van der Waals surface area (Å²) < 4.78 is 51.8. The predicted octanol–water partition coefficient (Wildman–Crippen LogP) is 2.38. The van der Waals surface area contributed by atoms with Crippen LogP contribution in [0.2, 0.25) is 0 Å². The Balaban J connectivity index is 1.70. The number of alkyl halides is 1. The molecule has 14 nitrogen and oxygen atoms in total. The first-order valence-electron chi connectivity index (χ1n) is 12.6. The number of carbonyl (C=O) groups excluding carboxylic acids is 2. The summed E-state index contributed by atoms with van der Waals surface area (Å²) >= 11 is 1.00. The first-order chi connectivity index (χ1) is 18.6. The van der Waals surface area contributed by atoms with Crippen LogP contribution in [0, 0.1) is 5.41 Å². The minimum absolute atomic E-state index is 0.0877. The van der Waals surface area contributed by atoms with Crippen LogP contribution >= 0.6 is 19.5 Å². The number of rotatable bonds is 12. The van der Waals surface area contributed by atoms with Crippen molar-refractivity contribution in [2.24, 2.45) is 5.41 Å². The summed E-state index contributed by atoms with van der Waals surface area (Å²) in [5.74, 6) is -0.450. The van der Waals surface area contributed by atoms with Crippen molar-refractivity contribution in [2.75, 3.05) is 24.7 Å². The van der Waals surface area contributed by atoms with Crippen molar-refractivity contribution >= 4 is 47.6 Å². The van der Waals surface area contributed by atoms with Crippen molar-refractivity contribution in [3.05, 3.63) is 12.7 Å². The van der Waals surface area contributed by atoms with Crippen LogP contribution in [0.3, 0.4) is 0 Å². The van der Waals surface area contributed by atoms with Gasteiger partial charge in [-0.15, -0.1) is 0 Å². The van der Waals surface area contributed by atoms with Gasteiger partial charge in [-0.25, -0.2) is 29.0 Å². The number of aromatic nitrogens is 4. The minimum atomic E-state index is -4.24. The fourth-order valence-electron chi connectivity index (χ4n) is 3.54. The van der Waals surface area contributed by atoms with Gasteiger partial charge in [-0.2, -0.15) is 0 Å². The molecule has 4 N–H and O–H groups in total. The van der Waals surface area contributed by atoms with E-state index < -0.39 is 62.5 Å². The Labute approximate surface area is 235 Å². The first-order valence-corrected chi connectivity index (χ1v) is 15.1. The minimum Gasteiger partial charge on any atom is -0.462 e. The van der Waals surface area contributed by atoms with Crippen LogP contribution in [0.5, 0.6) is 0 Å². The predicted molar refractivity (Wildman–Crippen MR) is 145 cm³/mol. The second-order valence-electron chi connectivity index (χ2n) is 10.4. The number of nitrogens with zero attached hydrogens (tertiary/aromatic N) is 4. The number of fused-ring (bicyclic) bond motifs is 1. The van der Waals surface area contributed by atoms with Gasteiger partial charge in [0.05, 0.1) is 25.6 Å². The van der Waals surface area contributed by atoms with E-state index in [2.05, 4.69) is 20.0 Å². The maximum Gasteiger partial charge on any atom is 0.406 e. The summed E-state index contributed by atoms with van der Waals surface area (Å²) in [6.07, 6.45) is -4.17. The number of halogens is 1. The number of esters is 1. The second kappa shape index (κ2) is 13.2. The molecule has 40 heavy (non-hydrogen) atoms. The third-order valence-corrected chi connectivity index (χ3v) is 8.57. The van der Waals surface area contributed by atoms with Crippen molar-refractivity contribution in [2.45, 2.75) is 78.3 Å². The van der Waals surface area contributed by atoms with E-state index >= 15 is 4.39 Å². The van der Waals surface area contributed by atoms with Crippen molar-refractivity contribution in [1.29, 1.82) is 0 Å². The SMILES string of the molecule is CC(C)OC(=O)C(C)NP(=O)(OCCSC(=O)C(C)(C)C)OC[C@H]1O[C@@H](n2cnc3c(N)ncnc32)[C@H](F)[C@@H]1O. The Kier molecular flexibility index (Phi) is 10.7. The zero-order valence-electron chi connectivity index (χ0n) is 23.1. The molecule has 0 radical (unpaired) electrons. The number of carbonyl (C=O) groups is 2. The van der Waals surface area contributed by atoms with Crippen LogP contribution in [-0.4, -0.2) is 85.2 Å². The quantitative estimate of drug-likeness (QED) is 0.181. The van der Waals surface area contributed by atoms with Gasteiger partial charge in [0.1, 0.15) is 30.1 Å². The van der Waals surface area contributed by atoms with E-state index in [0.717, 1.165) is 11.8 Å². The lowest BCUT2D eigenvalue weighted by Crippen LogP contribution is -2.37. The van der Waals surface area contributed by atoms with E-state index in [1.807, 2.05) is 0 Å². The number of ether oxygens (including phenoxy) is 2. The summed E-state index contributed by atoms with van der Waals surface area (Å²) in [7, 11) is -4.24. The maximum atomic E-state index is 15.1. The van der Waals surface area contributed by atoms with Crippen LogP contribution in [0.25, 0.3) is 11.2 Å². The Morgan fingerprint density at radius 3 is 2.62 bits per heavy atom. The van der Waals surface area contributed by atoms with Crippen LogP contribution in [-0.2, 0) is 32.7 Å². The molecule has 6 atom stereocenters. The van der Waals surface area contributed by atoms with E-state index in [-0.39, 0.29) is 34.5 Å². The Hall–Kier alpha value is -2.20. The molecule has 224 valence electrons. The largest absolute Gasteiger partial charge is 0.462 e. The third-order valence-electron chi connectivity index (χ3n) is 5.61. The van der Waals surface area contributed by atoms with Crippen molar-refractivity contribution in [1.82, 2.24) is 24.6 Å². The first kappa shape index (κ1) is 32.3. The summed E-state index contributed by atoms with van der Waals surface area (Å²) in [5.41, 5.74) is 5.65. The average molecular weight is 607 g/mol. The number of nitrogens with two attached hydrogens (primary N) is 1. The van der Waals surface area contributed by atoms with Crippen LogP contribution in [0.15, 0.2) is 12.7 Å². The van der Waals surface area contributed by atoms with Gasteiger partial charge in [0.2, 0.25) is 0 Å². The van der Waals surface area contributed by atoms with E-state index in [1.165, 1.54) is 24.1 Å². The molecule has 0 amide bonds. The highest BCUT2D eigenvalue weighted by atomic mass is 32.2. The van der Waals surface area contributed by atoms with Crippen LogP contribution < -0.4 is 10.8 Å². The fraction of sp³-hybridized carbons (Fsp3) is 0.696. The van der Waals surface area contributed by atoms with Gasteiger partial charge in [-0.1, -0.05) is 32.5 Å². The summed E-state index contributed by atoms with van der Waals surface area (Å²) in [6.45, 7) is 9.31. The lowest BCUT2D eigenvalue weighted by atomic mass is 10.00. The number of nitrogen functional groups attached to an aromatic ring is 1. The molecule has 3 heterocycles. The zero-order valence-corrected chi connectivity index (χ0v) is 24.9. The number of hydrogen-bond donors (Lipinski definition) is 3. The molecule has 17 heteroatoms. The molecule has 0 spiro atoms. The van der Waals surface area contributed by atoms with Gasteiger partial charge in [0.15, 0.2) is 29.0 Å². The number of nitrogens with one attached hydrogen (secondary N) is 1. The monoisotopic (exact) mass is 606 g/mol. The van der Waals surface area contributed by atoms with Gasteiger partial charge in [0.25, 0.3) is 0 Å². The molecule has 1 aliphatic heterocycles. The maximum absolute atomic E-state index is 15.1. The highest BCUT2D eigenvalue weighted by molar-refractivity contribution is 8.13. The van der Waals surface area contributed by atoms with Crippen LogP contribution in [0.4, 0.5) is 10.2 Å². The van der Waals surface area contributed by atoms with Crippen molar-refractivity contribution in [3.63, 3.8) is 0 Å². The van der Waals surface area contributed by atoms with Crippen LogP contribution in [0.1, 0.15) is 47.8 Å². The number of thioether (sulfide) groups is 1. The van der Waals surface area contributed by atoms with E-state index in [9.17, 15) is 19.3 Å². The molecule has 2 unspecified atom stereocenters. The molecule has 1 fully saturated rings. The zero-order chi connectivity index (χ0) is 29.8. The lowest BCUT2D eigenvalue weighted by molar-refractivity contribution is -0.149. The van der Waals surface area contributed by atoms with E-state index in [0.29, 0.717) is 0 Å². The molecule has 2 aromatic heterocycles. The summed E-state index contributed by atoms with van der Waals surface area (Å²) in [5, 5.41) is 12.9. The molecule has 0 aliphatic carbocycles. The Morgan fingerprint density at radius 1 is 1.27 bits per heavy atom. The van der Waals surface area contributed by atoms with Gasteiger partial charge in [-0.05, 0) is 20.8 Å². The number of anilines is 1. The standard InChI is InChI=1S/C23H36FN6O8PS/c1-12(2)37-21(32)13(3)29-39(34,35-7-8-40-22(33)23(4,5)6)36-9-14-17(31)15(24)20(38-14)30-11-28-16-18(25)26-10-27-19(16)30/h10-15,17,20,31H,7-9H2,1-6H3,(H,29,34)(H2,25,26,27)/t13?,14-,15-,17-,20-,39?/m1/s1. The highest BCUT2D eigenvalue weighted by Crippen LogP contribution is 2.46. The molecule has 2 aromatic rings. The number of aliphatic hydroxyl groups excluding tert-OH is 1. The van der Waals surface area contributed by atoms with Gasteiger partial charge in [-0.3, -0.25) is 23.2 Å².